The van der Waals surface area contributed by atoms with Crippen LogP contribution in [-0.4, -0.2) is 4.57 Å². The number of hydrogen-bond donors (Lipinski definition) is 0. The lowest BCUT2D eigenvalue weighted by molar-refractivity contribution is 0.670. The summed E-state index contributed by atoms with van der Waals surface area (Å²) in [6.45, 7) is 0. The molecule has 0 aliphatic heterocycles. The van der Waals surface area contributed by atoms with Crippen LogP contribution >= 0.6 is 11.3 Å². The molecule has 0 saturated heterocycles. The standard InChI is InChI=1S/C60H42N2OS/c1-2-13-44(14-3-1)62-55-21-7-4-16-49(55)53-37-41(28-34-56(53)62)39-24-30-45(31-25-39)61(46-32-26-40(27-33-46)42-29-35-59-54(38-42)51-18-6-9-23-58(51)64-59)47-15-10-12-43(36-47)48-19-11-20-52-50-17-5-8-22-57(50)63-60(48)52/h1-6,8-20,22-24,26-30,32-38H,7,21,25,31H2. The number of rotatable bonds is 7. The van der Waals surface area contributed by atoms with E-state index in [0.29, 0.717) is 0 Å². The van der Waals surface area contributed by atoms with Crippen molar-refractivity contribution in [2.45, 2.75) is 25.7 Å². The molecule has 0 radical (unpaired) electrons. The van der Waals surface area contributed by atoms with E-state index in [-0.39, 0.29) is 0 Å². The van der Waals surface area contributed by atoms with Crippen molar-refractivity contribution in [1.82, 2.24) is 4.57 Å². The molecule has 8 aromatic carbocycles. The fourth-order valence-electron chi connectivity index (χ4n) is 10.3. The minimum absolute atomic E-state index is 0.903. The summed E-state index contributed by atoms with van der Waals surface area (Å²) < 4.78 is 11.7. The molecule has 2 aliphatic rings. The van der Waals surface area contributed by atoms with Gasteiger partial charge in [0.15, 0.2) is 0 Å². The molecule has 4 heteroatoms. The highest BCUT2D eigenvalue weighted by molar-refractivity contribution is 7.25. The van der Waals surface area contributed by atoms with Gasteiger partial charge in [0, 0.05) is 75.9 Å². The third-order valence-corrected chi connectivity index (χ3v) is 14.5. The van der Waals surface area contributed by atoms with Crippen molar-refractivity contribution in [2.24, 2.45) is 0 Å². The van der Waals surface area contributed by atoms with Gasteiger partial charge in [-0.3, -0.25) is 0 Å². The van der Waals surface area contributed by atoms with Crippen LogP contribution < -0.4 is 4.90 Å². The Morgan fingerprint density at radius 2 is 1.27 bits per heavy atom. The zero-order valence-electron chi connectivity index (χ0n) is 35.2. The van der Waals surface area contributed by atoms with Crippen LogP contribution in [0.3, 0.4) is 0 Å². The molecule has 3 aromatic heterocycles. The summed E-state index contributed by atoms with van der Waals surface area (Å²) in [5.74, 6) is 0. The van der Waals surface area contributed by atoms with Crippen LogP contribution in [0.25, 0.3) is 92.6 Å². The quantitative estimate of drug-likeness (QED) is 0.159. The number of benzene rings is 8. The zero-order chi connectivity index (χ0) is 42.1. The van der Waals surface area contributed by atoms with Gasteiger partial charge in [-0.2, -0.15) is 0 Å². The first-order valence-electron chi connectivity index (χ1n) is 22.3. The number of thiophene rings is 1. The molecule has 11 aromatic rings. The number of allylic oxidation sites excluding steroid dienone is 5. The molecule has 0 fully saturated rings. The van der Waals surface area contributed by atoms with Crippen LogP contribution in [0.1, 0.15) is 36.1 Å². The van der Waals surface area contributed by atoms with E-state index in [0.717, 1.165) is 70.1 Å². The highest BCUT2D eigenvalue weighted by atomic mass is 32.1. The second kappa shape index (κ2) is 15.0. The Balaban J connectivity index is 0.905. The molecule has 2 aliphatic carbocycles. The van der Waals surface area contributed by atoms with Crippen LogP contribution in [0.2, 0.25) is 0 Å². The van der Waals surface area contributed by atoms with Gasteiger partial charge in [-0.25, -0.2) is 0 Å². The van der Waals surface area contributed by atoms with Crippen molar-refractivity contribution in [3.8, 4) is 27.9 Å². The van der Waals surface area contributed by atoms with E-state index in [4.69, 9.17) is 4.42 Å². The second-order valence-corrected chi connectivity index (χ2v) is 18.2. The predicted octanol–water partition coefficient (Wildman–Crippen LogP) is 17.1. The van der Waals surface area contributed by atoms with E-state index in [1.807, 2.05) is 17.4 Å². The molecule has 0 N–H and O–H groups in total. The number of para-hydroxylation sites is 3. The summed E-state index contributed by atoms with van der Waals surface area (Å²) in [6.07, 6.45) is 13.3. The summed E-state index contributed by atoms with van der Waals surface area (Å²) in [7, 11) is 0. The van der Waals surface area contributed by atoms with E-state index in [1.165, 1.54) is 76.0 Å². The van der Waals surface area contributed by atoms with Gasteiger partial charge in [0.05, 0.1) is 5.52 Å². The number of furan rings is 1. The Morgan fingerprint density at radius 1 is 0.500 bits per heavy atom. The average molecular weight is 839 g/mol. The highest BCUT2D eigenvalue weighted by Crippen LogP contribution is 2.43. The van der Waals surface area contributed by atoms with Crippen molar-refractivity contribution in [3.63, 3.8) is 0 Å². The molecule has 304 valence electrons. The van der Waals surface area contributed by atoms with E-state index in [9.17, 15) is 0 Å². The van der Waals surface area contributed by atoms with Crippen molar-refractivity contribution in [2.75, 3.05) is 4.90 Å². The van der Waals surface area contributed by atoms with Gasteiger partial charge in [-0.15, -0.1) is 11.3 Å². The van der Waals surface area contributed by atoms with Crippen molar-refractivity contribution in [3.05, 3.63) is 223 Å². The Labute approximate surface area is 375 Å². The summed E-state index contributed by atoms with van der Waals surface area (Å²) in [5.41, 5.74) is 17.9. The van der Waals surface area contributed by atoms with Gasteiger partial charge < -0.3 is 13.9 Å². The Hall–Kier alpha value is -7.66. The summed E-state index contributed by atoms with van der Waals surface area (Å²) in [5, 5.41) is 6.25. The first-order valence-corrected chi connectivity index (χ1v) is 23.2. The first-order chi connectivity index (χ1) is 31.7. The molecule has 13 rings (SSSR count). The number of hydrogen-bond acceptors (Lipinski definition) is 3. The normalized spacial score (nSPS) is 13.8. The SMILES string of the molecule is C1=Cc2c(n(-c3ccccc3)c3ccc(C4=CC=C(N(c5ccc(-c6ccc7sc8ccccc8c7c6)cc5)c5cccc(-c6cccc7c6oc6ccccc67)c5)CC4)cc23)CC1. The molecule has 64 heavy (non-hydrogen) atoms. The molecule has 3 heterocycles. The molecule has 0 spiro atoms. The molecule has 0 amide bonds. The average Bonchev–Trinajstić information content (AvgIpc) is 4.04. The number of fused-ring (bicyclic) bond motifs is 9. The maximum atomic E-state index is 6.54. The van der Waals surface area contributed by atoms with Gasteiger partial charge in [-0.1, -0.05) is 127 Å². The van der Waals surface area contributed by atoms with Crippen LogP contribution in [0.5, 0.6) is 0 Å². The lowest BCUT2D eigenvalue weighted by Crippen LogP contribution is -2.18. The van der Waals surface area contributed by atoms with Gasteiger partial charge in [-0.05, 0) is 132 Å². The van der Waals surface area contributed by atoms with E-state index >= 15 is 0 Å². The molecule has 0 atom stereocenters. The summed E-state index contributed by atoms with van der Waals surface area (Å²) in [4.78, 5) is 2.46. The maximum absolute atomic E-state index is 6.54. The minimum atomic E-state index is 0.903. The van der Waals surface area contributed by atoms with Gasteiger partial charge in [0.25, 0.3) is 0 Å². The second-order valence-electron chi connectivity index (χ2n) is 17.1. The number of anilines is 2. The van der Waals surface area contributed by atoms with Gasteiger partial charge in [0.2, 0.25) is 0 Å². The van der Waals surface area contributed by atoms with E-state index in [2.05, 4.69) is 210 Å². The van der Waals surface area contributed by atoms with E-state index in [1.54, 1.807) is 0 Å². The zero-order valence-corrected chi connectivity index (χ0v) is 36.0. The monoisotopic (exact) mass is 838 g/mol. The lowest BCUT2D eigenvalue weighted by atomic mass is 9.93. The molecule has 0 saturated carbocycles. The third-order valence-electron chi connectivity index (χ3n) is 13.4. The Morgan fingerprint density at radius 3 is 2.16 bits per heavy atom. The van der Waals surface area contributed by atoms with Crippen LogP contribution in [-0.2, 0) is 6.42 Å². The topological polar surface area (TPSA) is 21.3 Å². The molecule has 3 nitrogen and oxygen atoms in total. The molecular formula is C60H42N2OS. The first kappa shape index (κ1) is 36.9. The van der Waals surface area contributed by atoms with Crippen LogP contribution in [0.4, 0.5) is 11.4 Å². The third kappa shape index (κ3) is 6.09. The minimum Gasteiger partial charge on any atom is -0.455 e. The Bertz CT molecular complexity index is 3730. The predicted molar refractivity (Wildman–Crippen MR) is 272 cm³/mol. The lowest BCUT2D eigenvalue weighted by Gasteiger charge is -2.30. The van der Waals surface area contributed by atoms with Crippen LogP contribution in [0, 0.1) is 0 Å². The molecular weight excluding hydrogens is 797 g/mol. The van der Waals surface area contributed by atoms with Crippen molar-refractivity contribution >= 4 is 87.4 Å². The summed E-state index contributed by atoms with van der Waals surface area (Å²) in [6, 6.07) is 66.5. The van der Waals surface area contributed by atoms with Crippen molar-refractivity contribution in [1.29, 1.82) is 0 Å². The summed E-state index contributed by atoms with van der Waals surface area (Å²) >= 11 is 1.86. The van der Waals surface area contributed by atoms with E-state index < -0.39 is 0 Å². The van der Waals surface area contributed by atoms with Gasteiger partial charge in [0.1, 0.15) is 11.2 Å². The molecule has 0 bridgehead atoms. The fraction of sp³-hybridized carbons (Fsp3) is 0.0667. The molecule has 0 unspecified atom stereocenters. The maximum Gasteiger partial charge on any atom is 0.143 e. The van der Waals surface area contributed by atoms with Gasteiger partial charge >= 0.3 is 0 Å². The number of nitrogens with zero attached hydrogens (tertiary/aromatic N) is 2. The largest absolute Gasteiger partial charge is 0.455 e. The Kier molecular flexibility index (Phi) is 8.66. The highest BCUT2D eigenvalue weighted by Gasteiger charge is 2.23. The fourth-order valence-corrected chi connectivity index (χ4v) is 11.4. The van der Waals surface area contributed by atoms with Crippen LogP contribution in [0.15, 0.2) is 210 Å². The number of aromatic nitrogens is 1. The smallest absolute Gasteiger partial charge is 0.143 e. The van der Waals surface area contributed by atoms with Crippen molar-refractivity contribution < 1.29 is 4.42 Å².